The molecule has 0 spiro atoms. The van der Waals surface area contributed by atoms with Crippen molar-refractivity contribution >= 4 is 28.9 Å². The third-order valence-electron chi connectivity index (χ3n) is 2.94. The van der Waals surface area contributed by atoms with Gasteiger partial charge in [0.25, 0.3) is 5.56 Å². The average Bonchev–Trinajstić information content (AvgIpc) is 2.43. The van der Waals surface area contributed by atoms with Crippen molar-refractivity contribution in [2.24, 2.45) is 14.1 Å². The first-order chi connectivity index (χ1) is 9.41. The summed E-state index contributed by atoms with van der Waals surface area (Å²) in [5.41, 5.74) is 0.402. The van der Waals surface area contributed by atoms with Crippen LogP contribution >= 0.6 is 23.2 Å². The number of hydrogen-bond donors (Lipinski definition) is 1. The van der Waals surface area contributed by atoms with Gasteiger partial charge in [0, 0.05) is 26.8 Å². The predicted molar refractivity (Wildman–Crippen MR) is 80.7 cm³/mol. The Hall–Kier alpha value is -1.72. The predicted octanol–water partition coefficient (Wildman–Crippen LogP) is 2.00. The first-order valence-corrected chi connectivity index (χ1v) is 6.61. The number of aromatic nitrogens is 2. The smallest absolute Gasteiger partial charge is 0.330 e. The van der Waals surface area contributed by atoms with Crippen LogP contribution in [0.25, 0.3) is 0 Å². The summed E-state index contributed by atoms with van der Waals surface area (Å²) in [6.45, 7) is 0.251. The van der Waals surface area contributed by atoms with Crippen LogP contribution in [0.2, 0.25) is 10.0 Å². The second-order valence-electron chi connectivity index (χ2n) is 4.37. The molecule has 0 aliphatic heterocycles. The van der Waals surface area contributed by atoms with Crippen molar-refractivity contribution in [2.45, 2.75) is 6.54 Å². The Morgan fingerprint density at radius 1 is 1.20 bits per heavy atom. The van der Waals surface area contributed by atoms with E-state index in [-0.39, 0.29) is 17.8 Å². The van der Waals surface area contributed by atoms with Gasteiger partial charge in [-0.1, -0.05) is 29.3 Å². The van der Waals surface area contributed by atoms with Gasteiger partial charge < -0.3 is 9.88 Å². The van der Waals surface area contributed by atoms with Crippen molar-refractivity contribution in [1.82, 2.24) is 9.13 Å². The average molecular weight is 314 g/mol. The van der Waals surface area contributed by atoms with Gasteiger partial charge in [0.15, 0.2) is 0 Å². The fourth-order valence-electron chi connectivity index (χ4n) is 1.84. The van der Waals surface area contributed by atoms with Gasteiger partial charge in [-0.05, 0) is 12.1 Å². The summed E-state index contributed by atoms with van der Waals surface area (Å²) in [5.74, 6) is 0. The number of nitrogens with zero attached hydrogens (tertiary/aromatic N) is 2. The van der Waals surface area contributed by atoms with Crippen LogP contribution in [-0.2, 0) is 20.6 Å². The Morgan fingerprint density at radius 3 is 2.60 bits per heavy atom. The van der Waals surface area contributed by atoms with Crippen LogP contribution in [0, 0.1) is 0 Å². The molecule has 0 unspecified atom stereocenters. The van der Waals surface area contributed by atoms with E-state index in [0.717, 1.165) is 4.57 Å². The molecule has 0 atom stereocenters. The Kier molecular flexibility index (Phi) is 4.20. The number of rotatable bonds is 3. The van der Waals surface area contributed by atoms with Gasteiger partial charge in [0.05, 0.1) is 21.3 Å². The zero-order valence-corrected chi connectivity index (χ0v) is 12.5. The highest BCUT2D eigenvalue weighted by molar-refractivity contribution is 6.43. The minimum Gasteiger partial charge on any atom is -0.379 e. The van der Waals surface area contributed by atoms with Gasteiger partial charge in [-0.25, -0.2) is 4.79 Å². The summed E-state index contributed by atoms with van der Waals surface area (Å²) in [6.07, 6.45) is 1.51. The van der Waals surface area contributed by atoms with Crippen LogP contribution in [0.15, 0.2) is 34.0 Å². The third kappa shape index (κ3) is 2.73. The molecule has 1 N–H and O–H groups in total. The zero-order chi connectivity index (χ0) is 14.9. The van der Waals surface area contributed by atoms with E-state index in [9.17, 15) is 9.59 Å². The molecule has 0 radical (unpaired) electrons. The van der Waals surface area contributed by atoms with E-state index < -0.39 is 0 Å². The molecule has 0 aliphatic rings. The van der Waals surface area contributed by atoms with E-state index in [1.54, 1.807) is 25.2 Å². The fraction of sp³-hybridized carbons (Fsp3) is 0.231. The summed E-state index contributed by atoms with van der Waals surface area (Å²) in [6, 6.07) is 5.20. The molecule has 0 bridgehead atoms. The van der Waals surface area contributed by atoms with Crippen molar-refractivity contribution in [3.8, 4) is 0 Å². The lowest BCUT2D eigenvalue weighted by Gasteiger charge is -2.10. The molecule has 1 aromatic heterocycles. The molecule has 106 valence electrons. The van der Waals surface area contributed by atoms with Crippen molar-refractivity contribution in [3.05, 3.63) is 60.8 Å². The van der Waals surface area contributed by atoms with Crippen LogP contribution < -0.4 is 16.6 Å². The zero-order valence-electron chi connectivity index (χ0n) is 11.0. The number of anilines is 1. The van der Waals surface area contributed by atoms with Crippen molar-refractivity contribution in [2.75, 3.05) is 5.32 Å². The fourth-order valence-corrected chi connectivity index (χ4v) is 2.20. The minimum absolute atomic E-state index is 0.251. The summed E-state index contributed by atoms with van der Waals surface area (Å²) in [4.78, 5) is 23.5. The minimum atomic E-state index is -0.362. The van der Waals surface area contributed by atoms with Crippen molar-refractivity contribution < 1.29 is 0 Å². The van der Waals surface area contributed by atoms with Crippen LogP contribution in [0.3, 0.4) is 0 Å². The highest BCUT2D eigenvalue weighted by atomic mass is 35.5. The monoisotopic (exact) mass is 313 g/mol. The standard InChI is InChI=1S/C13H13Cl2N3O2/c1-17-7-8(12(19)18(2)13(17)20)6-16-10-5-3-4-9(14)11(10)15/h3-5,7,16H,6H2,1-2H3. The van der Waals surface area contributed by atoms with E-state index in [1.165, 1.54) is 17.8 Å². The van der Waals surface area contributed by atoms with Crippen LogP contribution in [0.5, 0.6) is 0 Å². The summed E-state index contributed by atoms with van der Waals surface area (Å²) in [5, 5.41) is 3.87. The van der Waals surface area contributed by atoms with Crippen LogP contribution in [0.4, 0.5) is 5.69 Å². The summed E-state index contributed by atoms with van der Waals surface area (Å²) < 4.78 is 2.43. The van der Waals surface area contributed by atoms with Gasteiger partial charge in [-0.15, -0.1) is 0 Å². The second-order valence-corrected chi connectivity index (χ2v) is 5.15. The van der Waals surface area contributed by atoms with E-state index in [4.69, 9.17) is 23.2 Å². The first-order valence-electron chi connectivity index (χ1n) is 5.85. The maximum atomic E-state index is 12.0. The lowest BCUT2D eigenvalue weighted by molar-refractivity contribution is 0.671. The Balaban J connectivity index is 2.31. The summed E-state index contributed by atoms with van der Waals surface area (Å²) in [7, 11) is 3.04. The summed E-state index contributed by atoms with van der Waals surface area (Å²) >= 11 is 12.0. The number of aryl methyl sites for hydroxylation is 1. The molecule has 0 aliphatic carbocycles. The van der Waals surface area contributed by atoms with Crippen LogP contribution in [0.1, 0.15) is 5.56 Å². The second kappa shape index (κ2) is 5.73. The lowest BCUT2D eigenvalue weighted by Crippen LogP contribution is -2.38. The van der Waals surface area contributed by atoms with Crippen molar-refractivity contribution in [1.29, 1.82) is 0 Å². The highest BCUT2D eigenvalue weighted by Gasteiger charge is 2.08. The number of halogens is 2. The number of hydrogen-bond acceptors (Lipinski definition) is 3. The molecule has 20 heavy (non-hydrogen) atoms. The van der Waals surface area contributed by atoms with Gasteiger partial charge in [-0.2, -0.15) is 0 Å². The Bertz CT molecular complexity index is 765. The molecular weight excluding hydrogens is 301 g/mol. The van der Waals surface area contributed by atoms with Gasteiger partial charge >= 0.3 is 5.69 Å². The van der Waals surface area contributed by atoms with E-state index in [2.05, 4.69) is 5.32 Å². The molecule has 5 nitrogen and oxygen atoms in total. The molecule has 7 heteroatoms. The van der Waals surface area contributed by atoms with Crippen LogP contribution in [-0.4, -0.2) is 9.13 Å². The molecule has 0 saturated carbocycles. The quantitative estimate of drug-likeness (QED) is 0.943. The molecule has 0 amide bonds. The third-order valence-corrected chi connectivity index (χ3v) is 3.76. The van der Waals surface area contributed by atoms with E-state index >= 15 is 0 Å². The van der Waals surface area contributed by atoms with Gasteiger partial charge in [0.1, 0.15) is 0 Å². The van der Waals surface area contributed by atoms with Gasteiger partial charge in [-0.3, -0.25) is 9.36 Å². The number of benzene rings is 1. The molecular formula is C13H13Cl2N3O2. The maximum absolute atomic E-state index is 12.0. The lowest BCUT2D eigenvalue weighted by atomic mass is 10.3. The van der Waals surface area contributed by atoms with Crippen molar-refractivity contribution in [3.63, 3.8) is 0 Å². The number of nitrogens with one attached hydrogen (secondary N) is 1. The molecule has 1 aromatic carbocycles. The molecule has 0 fully saturated rings. The maximum Gasteiger partial charge on any atom is 0.330 e. The molecule has 2 aromatic rings. The Labute approximate surface area is 125 Å². The topological polar surface area (TPSA) is 56.0 Å². The normalized spacial score (nSPS) is 10.6. The molecule has 1 heterocycles. The Morgan fingerprint density at radius 2 is 1.90 bits per heavy atom. The molecule has 2 rings (SSSR count). The SMILES string of the molecule is Cn1cc(CNc2cccc(Cl)c2Cl)c(=O)n(C)c1=O. The van der Waals surface area contributed by atoms with E-state index in [1.807, 2.05) is 0 Å². The first kappa shape index (κ1) is 14.7. The van der Waals surface area contributed by atoms with Gasteiger partial charge in [0.2, 0.25) is 0 Å². The molecule has 0 saturated heterocycles. The van der Waals surface area contributed by atoms with E-state index in [0.29, 0.717) is 21.3 Å². The largest absolute Gasteiger partial charge is 0.379 e. The highest BCUT2D eigenvalue weighted by Crippen LogP contribution is 2.29.